The lowest BCUT2D eigenvalue weighted by Gasteiger charge is -2.41. The number of hydrogen-bond acceptors (Lipinski definition) is 4. The Morgan fingerprint density at radius 2 is 1.87 bits per heavy atom. The fourth-order valence-corrected chi connectivity index (χ4v) is 5.12. The van der Waals surface area contributed by atoms with E-state index in [0.29, 0.717) is 24.0 Å². The number of aromatic nitrogens is 2. The van der Waals surface area contributed by atoms with Gasteiger partial charge in [0.2, 0.25) is 5.91 Å². The number of piperazine rings is 1. The topological polar surface area (TPSA) is 78.2 Å². The van der Waals surface area contributed by atoms with Gasteiger partial charge >= 0.3 is 0 Å². The fraction of sp³-hybridized carbons (Fsp3) is 0.591. The van der Waals surface area contributed by atoms with E-state index < -0.39 is 0 Å². The lowest BCUT2D eigenvalue weighted by molar-refractivity contribution is -0.138. The summed E-state index contributed by atoms with van der Waals surface area (Å²) in [5.41, 5.74) is 3.18. The van der Waals surface area contributed by atoms with Gasteiger partial charge in [0.1, 0.15) is 6.54 Å². The third kappa shape index (κ3) is 3.48. The summed E-state index contributed by atoms with van der Waals surface area (Å²) >= 11 is 6.59. The van der Waals surface area contributed by atoms with Crippen molar-refractivity contribution in [2.45, 2.75) is 63.5 Å². The summed E-state index contributed by atoms with van der Waals surface area (Å²) in [6.07, 6.45) is 5.25. The minimum atomic E-state index is -0.289. The maximum atomic E-state index is 13.2. The molecule has 2 amide bonds. The highest BCUT2D eigenvalue weighted by Gasteiger charge is 2.35. The maximum absolute atomic E-state index is 13.2. The van der Waals surface area contributed by atoms with Gasteiger partial charge in [-0.1, -0.05) is 11.6 Å². The van der Waals surface area contributed by atoms with Crippen LogP contribution in [0.4, 0.5) is 0 Å². The molecule has 3 heterocycles. The molecule has 0 aromatic carbocycles. The van der Waals surface area contributed by atoms with Crippen molar-refractivity contribution in [1.29, 1.82) is 0 Å². The van der Waals surface area contributed by atoms with Gasteiger partial charge in [0, 0.05) is 24.8 Å². The number of pyridine rings is 1. The SMILES string of the molecule is Cc1cc(C2CC2)cc2c(Cl)c(C(=O)N3CCN(C4CCC(O)CC4)C(=O)C3)nn12. The van der Waals surface area contributed by atoms with Crippen LogP contribution in [0, 0.1) is 6.92 Å². The first-order valence-corrected chi connectivity index (χ1v) is 11.3. The highest BCUT2D eigenvalue weighted by molar-refractivity contribution is 6.36. The van der Waals surface area contributed by atoms with Gasteiger partial charge in [0.15, 0.2) is 5.69 Å². The molecule has 0 atom stereocenters. The Bertz CT molecular complexity index is 1010. The van der Waals surface area contributed by atoms with Crippen LogP contribution in [-0.4, -0.2) is 68.1 Å². The van der Waals surface area contributed by atoms with Crippen LogP contribution in [0.3, 0.4) is 0 Å². The zero-order chi connectivity index (χ0) is 21.0. The standard InChI is InChI=1S/C22H27ClN4O3/c1-13-10-15(14-2-3-14)11-18-20(23)21(24-27(13)18)22(30)25-8-9-26(19(29)12-25)16-4-6-17(28)7-5-16/h10-11,14,16-17,28H,2-9,12H2,1H3. The average Bonchev–Trinajstić information content (AvgIpc) is 3.53. The first-order chi connectivity index (χ1) is 14.4. The molecule has 3 aliphatic rings. The molecule has 3 fully saturated rings. The fourth-order valence-electron chi connectivity index (χ4n) is 4.86. The molecule has 160 valence electrons. The summed E-state index contributed by atoms with van der Waals surface area (Å²) in [7, 11) is 0. The Morgan fingerprint density at radius 3 is 2.53 bits per heavy atom. The molecule has 5 rings (SSSR count). The molecule has 1 N–H and O–H groups in total. The van der Waals surface area contributed by atoms with Crippen molar-refractivity contribution in [3.8, 4) is 0 Å². The minimum absolute atomic E-state index is 0.0388. The van der Waals surface area contributed by atoms with Crippen LogP contribution in [0.5, 0.6) is 0 Å². The molecule has 0 radical (unpaired) electrons. The van der Waals surface area contributed by atoms with Crippen molar-refractivity contribution in [3.63, 3.8) is 0 Å². The van der Waals surface area contributed by atoms with Crippen LogP contribution >= 0.6 is 11.6 Å². The van der Waals surface area contributed by atoms with Crippen molar-refractivity contribution in [2.24, 2.45) is 0 Å². The Hall–Kier alpha value is -2.12. The van der Waals surface area contributed by atoms with E-state index in [-0.39, 0.29) is 36.2 Å². The zero-order valence-electron chi connectivity index (χ0n) is 17.2. The smallest absolute Gasteiger partial charge is 0.276 e. The Labute approximate surface area is 180 Å². The molecule has 8 heteroatoms. The molecule has 0 bridgehead atoms. The molecule has 30 heavy (non-hydrogen) atoms. The van der Waals surface area contributed by atoms with E-state index in [2.05, 4.69) is 11.2 Å². The second-order valence-corrected chi connectivity index (χ2v) is 9.32. The number of carbonyl (C=O) groups excluding carboxylic acids is 2. The summed E-state index contributed by atoms with van der Waals surface area (Å²) < 4.78 is 1.73. The quantitative estimate of drug-likeness (QED) is 0.812. The minimum Gasteiger partial charge on any atom is -0.393 e. The van der Waals surface area contributed by atoms with Gasteiger partial charge in [0.25, 0.3) is 5.91 Å². The van der Waals surface area contributed by atoms with Gasteiger partial charge in [-0.25, -0.2) is 4.52 Å². The molecular weight excluding hydrogens is 404 g/mol. The lowest BCUT2D eigenvalue weighted by Crippen LogP contribution is -2.56. The number of aliphatic hydroxyl groups is 1. The van der Waals surface area contributed by atoms with Crippen LogP contribution < -0.4 is 0 Å². The number of hydrogen-bond donors (Lipinski definition) is 1. The lowest BCUT2D eigenvalue weighted by atomic mass is 9.91. The Kier molecular flexibility index (Phi) is 4.98. The van der Waals surface area contributed by atoms with Gasteiger partial charge in [-0.15, -0.1) is 0 Å². The van der Waals surface area contributed by atoms with E-state index >= 15 is 0 Å². The Morgan fingerprint density at radius 1 is 1.13 bits per heavy atom. The van der Waals surface area contributed by atoms with Crippen molar-refractivity contribution in [1.82, 2.24) is 19.4 Å². The first-order valence-electron chi connectivity index (χ1n) is 10.9. The van der Waals surface area contributed by atoms with Crippen molar-refractivity contribution in [3.05, 3.63) is 34.1 Å². The largest absolute Gasteiger partial charge is 0.393 e. The van der Waals surface area contributed by atoms with Crippen LogP contribution in [0.15, 0.2) is 12.1 Å². The molecule has 1 aliphatic heterocycles. The number of rotatable bonds is 3. The zero-order valence-corrected chi connectivity index (χ0v) is 17.9. The molecule has 0 unspecified atom stereocenters. The highest BCUT2D eigenvalue weighted by atomic mass is 35.5. The first kappa shape index (κ1) is 19.8. The van der Waals surface area contributed by atoms with Gasteiger partial charge in [-0.05, 0) is 69.1 Å². The number of aryl methyl sites for hydroxylation is 1. The van der Waals surface area contributed by atoms with Crippen LogP contribution in [-0.2, 0) is 4.79 Å². The third-order valence-corrected chi connectivity index (χ3v) is 7.15. The summed E-state index contributed by atoms with van der Waals surface area (Å²) in [5.74, 6) is 0.261. The van der Waals surface area contributed by atoms with Gasteiger partial charge < -0.3 is 14.9 Å². The molecule has 7 nitrogen and oxygen atoms in total. The molecule has 2 saturated carbocycles. The molecule has 1 saturated heterocycles. The molecular formula is C22H27ClN4O3. The van der Waals surface area contributed by atoms with Crippen LogP contribution in [0.2, 0.25) is 5.02 Å². The molecule has 2 aromatic heterocycles. The summed E-state index contributed by atoms with van der Waals surface area (Å²) in [5, 5.41) is 14.6. The second kappa shape index (κ2) is 7.54. The molecule has 0 spiro atoms. The summed E-state index contributed by atoms with van der Waals surface area (Å²) in [6, 6.07) is 4.32. The summed E-state index contributed by atoms with van der Waals surface area (Å²) in [6.45, 7) is 3.01. The van der Waals surface area contributed by atoms with Gasteiger partial charge in [-0.2, -0.15) is 5.10 Å². The predicted octanol–water partition coefficient (Wildman–Crippen LogP) is 2.76. The Balaban J connectivity index is 1.34. The van der Waals surface area contributed by atoms with Crippen molar-refractivity contribution >= 4 is 28.9 Å². The third-order valence-electron chi connectivity index (χ3n) is 6.78. The second-order valence-electron chi connectivity index (χ2n) is 8.94. The van der Waals surface area contributed by atoms with Crippen molar-refractivity contribution in [2.75, 3.05) is 19.6 Å². The van der Waals surface area contributed by atoms with E-state index in [1.54, 1.807) is 9.42 Å². The molecule has 2 aliphatic carbocycles. The van der Waals surface area contributed by atoms with E-state index in [4.69, 9.17) is 11.6 Å². The van der Waals surface area contributed by atoms with E-state index in [9.17, 15) is 14.7 Å². The number of nitrogens with zero attached hydrogens (tertiary/aromatic N) is 4. The highest BCUT2D eigenvalue weighted by Crippen LogP contribution is 2.41. The van der Waals surface area contributed by atoms with Gasteiger partial charge in [0.05, 0.1) is 16.6 Å². The van der Waals surface area contributed by atoms with Crippen molar-refractivity contribution < 1.29 is 14.7 Å². The maximum Gasteiger partial charge on any atom is 0.276 e. The normalized spacial score (nSPS) is 25.2. The number of fused-ring (bicyclic) bond motifs is 1. The monoisotopic (exact) mass is 430 g/mol. The average molecular weight is 431 g/mol. The van der Waals surface area contributed by atoms with E-state index in [1.165, 1.54) is 18.4 Å². The number of amides is 2. The van der Waals surface area contributed by atoms with E-state index in [1.807, 2.05) is 17.9 Å². The predicted molar refractivity (Wildman–Crippen MR) is 113 cm³/mol. The summed E-state index contributed by atoms with van der Waals surface area (Å²) in [4.78, 5) is 29.4. The number of aliphatic hydroxyl groups excluding tert-OH is 1. The van der Waals surface area contributed by atoms with E-state index in [0.717, 1.165) is 36.9 Å². The molecule has 2 aromatic rings. The van der Waals surface area contributed by atoms with Crippen LogP contribution in [0.25, 0.3) is 5.52 Å². The number of halogens is 1. The van der Waals surface area contributed by atoms with Gasteiger partial charge in [-0.3, -0.25) is 9.59 Å². The van der Waals surface area contributed by atoms with Crippen LogP contribution in [0.1, 0.15) is 66.2 Å². The number of carbonyl (C=O) groups is 2.